The normalized spacial score (nSPS) is 26.6. The summed E-state index contributed by atoms with van der Waals surface area (Å²) in [6.07, 6.45) is 2.39. The number of nitrogens with zero attached hydrogens (tertiary/aromatic N) is 1. The van der Waals surface area contributed by atoms with Crippen LogP contribution in [0.25, 0.3) is 0 Å². The molecule has 2 atom stereocenters. The predicted molar refractivity (Wildman–Crippen MR) is 73.4 cm³/mol. The van der Waals surface area contributed by atoms with Crippen LogP contribution in [0.5, 0.6) is 0 Å². The Balaban J connectivity index is 2.12. The zero-order chi connectivity index (χ0) is 12.7. The number of rotatable bonds is 7. The van der Waals surface area contributed by atoms with E-state index in [9.17, 15) is 0 Å². The van der Waals surface area contributed by atoms with Crippen molar-refractivity contribution in [1.29, 1.82) is 0 Å². The lowest BCUT2D eigenvalue weighted by Crippen LogP contribution is -2.55. The summed E-state index contributed by atoms with van der Waals surface area (Å²) < 4.78 is 5.70. The van der Waals surface area contributed by atoms with Crippen molar-refractivity contribution in [1.82, 2.24) is 10.2 Å². The van der Waals surface area contributed by atoms with Gasteiger partial charge in [-0.25, -0.2) is 0 Å². The standard InChI is InChI=1S/C14H30N2O/c1-5-14-11-16(13(4)10-15-14)7-9-17-8-6-12(2)3/h12-15H,5-11H2,1-4H3. The van der Waals surface area contributed by atoms with Gasteiger partial charge in [0.25, 0.3) is 0 Å². The van der Waals surface area contributed by atoms with E-state index < -0.39 is 0 Å². The van der Waals surface area contributed by atoms with Crippen LogP contribution < -0.4 is 5.32 Å². The quantitative estimate of drug-likeness (QED) is 0.692. The van der Waals surface area contributed by atoms with Crippen LogP contribution in [-0.2, 0) is 4.74 Å². The van der Waals surface area contributed by atoms with Crippen molar-refractivity contribution in [3.8, 4) is 0 Å². The van der Waals surface area contributed by atoms with Gasteiger partial charge in [0.1, 0.15) is 0 Å². The maximum atomic E-state index is 5.70. The zero-order valence-electron chi connectivity index (χ0n) is 12.0. The third kappa shape index (κ3) is 5.84. The van der Waals surface area contributed by atoms with Gasteiger partial charge in [0.15, 0.2) is 0 Å². The Labute approximate surface area is 107 Å². The average Bonchev–Trinajstić information content (AvgIpc) is 2.30. The van der Waals surface area contributed by atoms with E-state index in [2.05, 4.69) is 37.9 Å². The SMILES string of the molecule is CCC1CN(CCOCCC(C)C)C(C)CN1. The molecule has 102 valence electrons. The minimum Gasteiger partial charge on any atom is -0.380 e. The highest BCUT2D eigenvalue weighted by molar-refractivity contribution is 4.82. The molecule has 3 nitrogen and oxygen atoms in total. The predicted octanol–water partition coefficient (Wildman–Crippen LogP) is 2.12. The molecule has 1 heterocycles. The van der Waals surface area contributed by atoms with Gasteiger partial charge in [-0.3, -0.25) is 4.90 Å². The molecule has 0 bridgehead atoms. The van der Waals surface area contributed by atoms with Crippen molar-refractivity contribution in [2.45, 2.75) is 52.6 Å². The van der Waals surface area contributed by atoms with Crippen LogP contribution in [0.4, 0.5) is 0 Å². The largest absolute Gasteiger partial charge is 0.380 e. The van der Waals surface area contributed by atoms with Crippen molar-refractivity contribution < 1.29 is 4.74 Å². The van der Waals surface area contributed by atoms with Gasteiger partial charge in [-0.15, -0.1) is 0 Å². The molecular formula is C14H30N2O. The molecule has 17 heavy (non-hydrogen) atoms. The Hall–Kier alpha value is -0.120. The topological polar surface area (TPSA) is 24.5 Å². The van der Waals surface area contributed by atoms with Gasteiger partial charge >= 0.3 is 0 Å². The summed E-state index contributed by atoms with van der Waals surface area (Å²) in [6.45, 7) is 14.2. The molecule has 2 unspecified atom stereocenters. The summed E-state index contributed by atoms with van der Waals surface area (Å²) in [7, 11) is 0. The van der Waals surface area contributed by atoms with Crippen LogP contribution in [-0.4, -0.2) is 49.8 Å². The lowest BCUT2D eigenvalue weighted by molar-refractivity contribution is 0.0656. The molecule has 0 aromatic rings. The molecule has 0 saturated carbocycles. The Morgan fingerprint density at radius 1 is 1.35 bits per heavy atom. The van der Waals surface area contributed by atoms with Gasteiger partial charge in [0, 0.05) is 38.3 Å². The van der Waals surface area contributed by atoms with Crippen molar-refractivity contribution >= 4 is 0 Å². The highest BCUT2D eigenvalue weighted by Gasteiger charge is 2.23. The lowest BCUT2D eigenvalue weighted by Gasteiger charge is -2.38. The minimum absolute atomic E-state index is 0.645. The highest BCUT2D eigenvalue weighted by atomic mass is 16.5. The smallest absolute Gasteiger partial charge is 0.0593 e. The zero-order valence-corrected chi connectivity index (χ0v) is 12.0. The van der Waals surface area contributed by atoms with E-state index in [1.54, 1.807) is 0 Å². The molecule has 0 radical (unpaired) electrons. The van der Waals surface area contributed by atoms with Crippen molar-refractivity contribution in [2.75, 3.05) is 32.8 Å². The molecule has 1 aliphatic rings. The van der Waals surface area contributed by atoms with Gasteiger partial charge in [0.05, 0.1) is 6.61 Å². The maximum absolute atomic E-state index is 5.70. The molecule has 1 aliphatic heterocycles. The van der Waals surface area contributed by atoms with E-state index in [1.807, 2.05) is 0 Å². The summed E-state index contributed by atoms with van der Waals surface area (Å²) in [5.41, 5.74) is 0. The van der Waals surface area contributed by atoms with Gasteiger partial charge in [0.2, 0.25) is 0 Å². The molecule has 1 rings (SSSR count). The van der Waals surface area contributed by atoms with Gasteiger partial charge in [-0.1, -0.05) is 20.8 Å². The molecule has 0 amide bonds. The maximum Gasteiger partial charge on any atom is 0.0593 e. The average molecular weight is 242 g/mol. The molecule has 3 heteroatoms. The van der Waals surface area contributed by atoms with Crippen molar-refractivity contribution in [3.63, 3.8) is 0 Å². The van der Waals surface area contributed by atoms with E-state index in [0.717, 1.165) is 32.2 Å². The summed E-state index contributed by atoms with van der Waals surface area (Å²) in [5.74, 6) is 0.748. The van der Waals surface area contributed by atoms with E-state index in [4.69, 9.17) is 4.74 Å². The van der Waals surface area contributed by atoms with E-state index in [0.29, 0.717) is 12.1 Å². The summed E-state index contributed by atoms with van der Waals surface area (Å²) in [6, 6.07) is 1.31. The number of hydrogen-bond acceptors (Lipinski definition) is 3. The molecule has 0 aromatic heterocycles. The Kier molecular flexibility index (Phi) is 7.09. The van der Waals surface area contributed by atoms with Crippen LogP contribution >= 0.6 is 0 Å². The molecule has 1 N–H and O–H groups in total. The third-order valence-electron chi connectivity index (χ3n) is 3.64. The number of piperazine rings is 1. The van der Waals surface area contributed by atoms with Crippen molar-refractivity contribution in [3.05, 3.63) is 0 Å². The number of nitrogens with one attached hydrogen (secondary N) is 1. The molecule has 1 fully saturated rings. The fraction of sp³-hybridized carbons (Fsp3) is 1.00. The van der Waals surface area contributed by atoms with Crippen LogP contribution in [0.3, 0.4) is 0 Å². The Bertz CT molecular complexity index is 197. The van der Waals surface area contributed by atoms with Gasteiger partial charge < -0.3 is 10.1 Å². The first-order valence-corrected chi connectivity index (χ1v) is 7.18. The number of ether oxygens (including phenoxy) is 1. The van der Waals surface area contributed by atoms with Crippen LogP contribution in [0, 0.1) is 5.92 Å². The fourth-order valence-corrected chi connectivity index (χ4v) is 2.18. The van der Waals surface area contributed by atoms with Crippen LogP contribution in [0.2, 0.25) is 0 Å². The fourth-order valence-electron chi connectivity index (χ4n) is 2.18. The minimum atomic E-state index is 0.645. The van der Waals surface area contributed by atoms with E-state index in [-0.39, 0.29) is 0 Å². The molecule has 0 aliphatic carbocycles. The molecule has 0 aromatic carbocycles. The second-order valence-corrected chi connectivity index (χ2v) is 5.65. The summed E-state index contributed by atoms with van der Waals surface area (Å²) in [4.78, 5) is 2.56. The monoisotopic (exact) mass is 242 g/mol. The Morgan fingerprint density at radius 2 is 2.12 bits per heavy atom. The van der Waals surface area contributed by atoms with Gasteiger partial charge in [-0.2, -0.15) is 0 Å². The summed E-state index contributed by atoms with van der Waals surface area (Å²) >= 11 is 0. The molecule has 0 spiro atoms. The number of hydrogen-bond donors (Lipinski definition) is 1. The highest BCUT2D eigenvalue weighted by Crippen LogP contribution is 2.08. The second-order valence-electron chi connectivity index (χ2n) is 5.65. The first-order chi connectivity index (χ1) is 8.13. The van der Waals surface area contributed by atoms with E-state index in [1.165, 1.54) is 19.4 Å². The summed E-state index contributed by atoms with van der Waals surface area (Å²) in [5, 5.41) is 3.58. The third-order valence-corrected chi connectivity index (χ3v) is 3.64. The molecule has 1 saturated heterocycles. The first kappa shape index (κ1) is 14.9. The molecular weight excluding hydrogens is 212 g/mol. The van der Waals surface area contributed by atoms with E-state index >= 15 is 0 Å². The Morgan fingerprint density at radius 3 is 2.76 bits per heavy atom. The first-order valence-electron chi connectivity index (χ1n) is 7.18. The van der Waals surface area contributed by atoms with Crippen LogP contribution in [0.1, 0.15) is 40.5 Å². The lowest BCUT2D eigenvalue weighted by atomic mass is 10.1. The second kappa shape index (κ2) is 8.06. The van der Waals surface area contributed by atoms with Crippen molar-refractivity contribution in [2.24, 2.45) is 5.92 Å². The van der Waals surface area contributed by atoms with Gasteiger partial charge in [-0.05, 0) is 25.7 Å². The van der Waals surface area contributed by atoms with Crippen LogP contribution in [0.15, 0.2) is 0 Å².